The minimum absolute atomic E-state index is 0.0306. The van der Waals surface area contributed by atoms with Crippen LogP contribution < -0.4 is 9.47 Å². The van der Waals surface area contributed by atoms with Crippen LogP contribution >= 0.6 is 0 Å². The number of methoxy groups -OCH3 is 1. The number of benzene rings is 2. The second-order valence-electron chi connectivity index (χ2n) is 7.33. The smallest absolute Gasteiger partial charge is 0.410 e. The molecule has 2 aromatic carbocycles. The second kappa shape index (κ2) is 9.77. The molecule has 0 bridgehead atoms. The summed E-state index contributed by atoms with van der Waals surface area (Å²) in [5.74, 6) is 1.16. The van der Waals surface area contributed by atoms with Crippen molar-refractivity contribution in [2.24, 2.45) is 0 Å². The van der Waals surface area contributed by atoms with Gasteiger partial charge in [-0.15, -0.1) is 0 Å². The zero-order valence-corrected chi connectivity index (χ0v) is 17.1. The summed E-state index contributed by atoms with van der Waals surface area (Å²) >= 11 is 0. The Morgan fingerprint density at radius 3 is 2.41 bits per heavy atom. The highest BCUT2D eigenvalue weighted by Gasteiger charge is 2.23. The van der Waals surface area contributed by atoms with E-state index < -0.39 is 16.6 Å². The fourth-order valence-corrected chi connectivity index (χ4v) is 2.55. The summed E-state index contributed by atoms with van der Waals surface area (Å²) in [6, 6.07) is 13.4. The molecule has 0 aliphatic heterocycles. The van der Waals surface area contributed by atoms with E-state index in [9.17, 15) is 14.9 Å². The number of nitro benzene ring substituents is 1. The van der Waals surface area contributed by atoms with Crippen LogP contribution in [0.4, 0.5) is 10.5 Å². The first-order valence-electron chi connectivity index (χ1n) is 9.16. The summed E-state index contributed by atoms with van der Waals surface area (Å²) in [5.41, 5.74) is -0.0686. The summed E-state index contributed by atoms with van der Waals surface area (Å²) in [6.45, 7) is 5.93. The number of nitro groups is 1. The van der Waals surface area contributed by atoms with Crippen LogP contribution in [0.2, 0.25) is 0 Å². The van der Waals surface area contributed by atoms with Crippen molar-refractivity contribution in [1.29, 1.82) is 0 Å². The summed E-state index contributed by atoms with van der Waals surface area (Å²) in [6.07, 6.45) is -0.521. The maximum absolute atomic E-state index is 12.6. The Morgan fingerprint density at radius 1 is 1.10 bits per heavy atom. The van der Waals surface area contributed by atoms with Crippen LogP contribution in [-0.2, 0) is 11.3 Å². The van der Waals surface area contributed by atoms with E-state index in [2.05, 4.69) is 0 Å². The molecule has 0 spiro atoms. The Hall–Kier alpha value is -3.29. The molecule has 0 N–H and O–H groups in total. The number of hydrogen-bond donors (Lipinski definition) is 0. The molecule has 0 saturated carbocycles. The van der Waals surface area contributed by atoms with Gasteiger partial charge >= 0.3 is 6.09 Å². The lowest BCUT2D eigenvalue weighted by Crippen LogP contribution is -2.38. The molecular weight excluding hydrogens is 376 g/mol. The normalized spacial score (nSPS) is 10.9. The third-order valence-corrected chi connectivity index (χ3v) is 3.83. The highest BCUT2D eigenvalue weighted by molar-refractivity contribution is 5.68. The van der Waals surface area contributed by atoms with Gasteiger partial charge in [0.2, 0.25) is 0 Å². The third kappa shape index (κ3) is 6.99. The van der Waals surface area contributed by atoms with E-state index >= 15 is 0 Å². The Labute approximate surface area is 170 Å². The quantitative estimate of drug-likeness (QED) is 0.479. The number of non-ortho nitro benzene ring substituents is 1. The van der Waals surface area contributed by atoms with Gasteiger partial charge in [-0.25, -0.2) is 4.79 Å². The predicted octanol–water partition coefficient (Wildman–Crippen LogP) is 4.42. The molecule has 0 fully saturated rings. The number of carbonyl (C=O) groups is 1. The number of nitrogens with zero attached hydrogens (tertiary/aromatic N) is 2. The van der Waals surface area contributed by atoms with Gasteiger partial charge in [-0.2, -0.15) is 0 Å². The van der Waals surface area contributed by atoms with Crippen molar-refractivity contribution in [3.63, 3.8) is 0 Å². The minimum Gasteiger partial charge on any atom is -0.493 e. The SMILES string of the molecule is COc1ccccc1OCCN(Cc1cccc([N+](=O)[O-])c1)C(=O)OC(C)(C)C. The predicted molar refractivity (Wildman–Crippen MR) is 108 cm³/mol. The Balaban J connectivity index is 2.11. The van der Waals surface area contributed by atoms with Gasteiger partial charge in [-0.1, -0.05) is 24.3 Å². The zero-order valence-electron chi connectivity index (χ0n) is 17.1. The highest BCUT2D eigenvalue weighted by Crippen LogP contribution is 2.25. The van der Waals surface area contributed by atoms with Crippen LogP contribution in [0.1, 0.15) is 26.3 Å². The van der Waals surface area contributed by atoms with E-state index in [1.165, 1.54) is 17.0 Å². The fourth-order valence-electron chi connectivity index (χ4n) is 2.55. The molecule has 29 heavy (non-hydrogen) atoms. The van der Waals surface area contributed by atoms with E-state index in [-0.39, 0.29) is 25.4 Å². The van der Waals surface area contributed by atoms with Crippen molar-refractivity contribution in [2.75, 3.05) is 20.3 Å². The number of carbonyl (C=O) groups excluding carboxylic acids is 1. The van der Waals surface area contributed by atoms with Crippen LogP contribution in [0.5, 0.6) is 11.5 Å². The molecule has 0 aliphatic rings. The monoisotopic (exact) mass is 402 g/mol. The summed E-state index contributed by atoms with van der Waals surface area (Å²) < 4.78 is 16.5. The minimum atomic E-state index is -0.665. The lowest BCUT2D eigenvalue weighted by atomic mass is 10.2. The summed E-state index contributed by atoms with van der Waals surface area (Å²) in [4.78, 5) is 24.6. The average Bonchev–Trinajstić information content (AvgIpc) is 2.66. The molecular formula is C21H26N2O6. The van der Waals surface area contributed by atoms with Crippen LogP contribution in [-0.4, -0.2) is 41.8 Å². The molecule has 0 atom stereocenters. The first kappa shape index (κ1) is 22.0. The highest BCUT2D eigenvalue weighted by atomic mass is 16.6. The second-order valence-corrected chi connectivity index (χ2v) is 7.33. The number of rotatable bonds is 8. The Bertz CT molecular complexity index is 847. The number of ether oxygens (including phenoxy) is 3. The molecule has 2 rings (SSSR count). The first-order chi connectivity index (χ1) is 13.7. The number of amides is 1. The summed E-state index contributed by atoms with van der Waals surface area (Å²) in [5, 5.41) is 11.0. The molecule has 156 valence electrons. The van der Waals surface area contributed by atoms with Crippen molar-refractivity contribution < 1.29 is 23.9 Å². The number of hydrogen-bond acceptors (Lipinski definition) is 6. The first-order valence-corrected chi connectivity index (χ1v) is 9.16. The average molecular weight is 402 g/mol. The van der Waals surface area contributed by atoms with E-state index in [0.717, 1.165) is 0 Å². The molecule has 0 heterocycles. The largest absolute Gasteiger partial charge is 0.493 e. The lowest BCUT2D eigenvalue weighted by molar-refractivity contribution is -0.384. The Morgan fingerprint density at radius 2 is 1.79 bits per heavy atom. The van der Waals surface area contributed by atoms with Crippen molar-refractivity contribution in [2.45, 2.75) is 32.9 Å². The van der Waals surface area contributed by atoms with Crippen LogP contribution in [0.3, 0.4) is 0 Å². The van der Waals surface area contributed by atoms with E-state index in [1.54, 1.807) is 52.1 Å². The topological polar surface area (TPSA) is 91.1 Å². The molecule has 2 aromatic rings. The van der Waals surface area contributed by atoms with Gasteiger partial charge in [-0.3, -0.25) is 10.1 Å². The van der Waals surface area contributed by atoms with Crippen molar-refractivity contribution in [3.05, 3.63) is 64.2 Å². The van der Waals surface area contributed by atoms with E-state index in [1.807, 2.05) is 12.1 Å². The fraction of sp³-hybridized carbons (Fsp3) is 0.381. The van der Waals surface area contributed by atoms with Gasteiger partial charge in [0.25, 0.3) is 5.69 Å². The van der Waals surface area contributed by atoms with Gasteiger partial charge < -0.3 is 19.1 Å². The maximum Gasteiger partial charge on any atom is 0.410 e. The third-order valence-electron chi connectivity index (χ3n) is 3.83. The molecule has 8 nitrogen and oxygen atoms in total. The molecule has 0 aliphatic carbocycles. The lowest BCUT2D eigenvalue weighted by Gasteiger charge is -2.27. The van der Waals surface area contributed by atoms with Gasteiger partial charge in [0, 0.05) is 18.7 Å². The van der Waals surface area contributed by atoms with Crippen LogP contribution in [0.25, 0.3) is 0 Å². The van der Waals surface area contributed by atoms with Crippen LogP contribution in [0, 0.1) is 10.1 Å². The van der Waals surface area contributed by atoms with Crippen molar-refractivity contribution in [1.82, 2.24) is 4.90 Å². The summed E-state index contributed by atoms with van der Waals surface area (Å²) in [7, 11) is 1.55. The molecule has 8 heteroatoms. The standard InChI is InChI=1S/C21H26N2O6/c1-21(2,3)29-20(24)22(15-16-8-7-9-17(14-16)23(25)26)12-13-28-19-11-6-5-10-18(19)27-4/h5-11,14H,12-13,15H2,1-4H3. The van der Waals surface area contributed by atoms with Gasteiger partial charge in [0.15, 0.2) is 11.5 Å². The van der Waals surface area contributed by atoms with Gasteiger partial charge in [0.1, 0.15) is 12.2 Å². The molecule has 0 aromatic heterocycles. The van der Waals surface area contributed by atoms with Crippen LogP contribution in [0.15, 0.2) is 48.5 Å². The zero-order chi connectivity index (χ0) is 21.4. The van der Waals surface area contributed by atoms with E-state index in [4.69, 9.17) is 14.2 Å². The molecule has 0 saturated heterocycles. The van der Waals surface area contributed by atoms with Gasteiger partial charge in [-0.05, 0) is 38.5 Å². The Kier molecular flexibility index (Phi) is 7.41. The number of para-hydroxylation sites is 2. The molecule has 0 unspecified atom stereocenters. The molecule has 1 amide bonds. The van der Waals surface area contributed by atoms with Crippen molar-refractivity contribution >= 4 is 11.8 Å². The molecule has 0 radical (unpaired) electrons. The maximum atomic E-state index is 12.6. The van der Waals surface area contributed by atoms with Crippen molar-refractivity contribution in [3.8, 4) is 11.5 Å². The van der Waals surface area contributed by atoms with E-state index in [0.29, 0.717) is 17.1 Å². The van der Waals surface area contributed by atoms with Gasteiger partial charge in [0.05, 0.1) is 18.6 Å².